The predicted molar refractivity (Wildman–Crippen MR) is 104 cm³/mol. The van der Waals surface area contributed by atoms with Crippen LogP contribution in [0, 0.1) is 0 Å². The van der Waals surface area contributed by atoms with E-state index in [0.29, 0.717) is 5.56 Å². The molecule has 0 bridgehead atoms. The number of rotatable bonds is 5. The van der Waals surface area contributed by atoms with Crippen LogP contribution >= 0.6 is 0 Å². The van der Waals surface area contributed by atoms with E-state index >= 15 is 0 Å². The third kappa shape index (κ3) is 3.68. The zero-order valence-electron chi connectivity index (χ0n) is 15.6. The largest absolute Gasteiger partial charge is 0.328 e. The minimum Gasteiger partial charge on any atom is -0.328 e. The van der Waals surface area contributed by atoms with Crippen molar-refractivity contribution in [2.24, 2.45) is 10.9 Å². The lowest BCUT2D eigenvalue weighted by Crippen LogP contribution is -2.51. The highest BCUT2D eigenvalue weighted by Crippen LogP contribution is 2.42. The highest BCUT2D eigenvalue weighted by molar-refractivity contribution is 7.94. The fraction of sp³-hybridized carbons (Fsp3) is 0.562. The first-order valence-corrected chi connectivity index (χ1v) is 12.4. The fourth-order valence-corrected chi connectivity index (χ4v) is 7.21. The van der Waals surface area contributed by atoms with Gasteiger partial charge in [0, 0.05) is 24.7 Å². The van der Waals surface area contributed by atoms with Gasteiger partial charge in [-0.05, 0) is 48.4 Å². The van der Waals surface area contributed by atoms with Crippen LogP contribution in [0.4, 0.5) is 0 Å². The van der Waals surface area contributed by atoms with E-state index in [4.69, 9.17) is 10.9 Å². The van der Waals surface area contributed by atoms with Gasteiger partial charge < -0.3 is 11.1 Å². The van der Waals surface area contributed by atoms with Crippen LogP contribution in [0.3, 0.4) is 0 Å². The number of nitrogens with zero attached hydrogens (tertiary/aromatic N) is 3. The third-order valence-electron chi connectivity index (χ3n) is 5.71. The monoisotopic (exact) mass is 441 g/mol. The van der Waals surface area contributed by atoms with Gasteiger partial charge in [0.25, 0.3) is 0 Å². The molecule has 1 saturated carbocycles. The Hall–Kier alpha value is -1.93. The van der Waals surface area contributed by atoms with Crippen LogP contribution < -0.4 is 16.2 Å². The summed E-state index contributed by atoms with van der Waals surface area (Å²) < 4.78 is 51.4. The zero-order valence-corrected chi connectivity index (χ0v) is 17.2. The van der Waals surface area contributed by atoms with Crippen LogP contribution in [-0.4, -0.2) is 61.8 Å². The Morgan fingerprint density at radius 1 is 1.03 bits per heavy atom. The summed E-state index contributed by atoms with van der Waals surface area (Å²) in [6.45, 7) is 0.512. The quantitative estimate of drug-likeness (QED) is 0.462. The van der Waals surface area contributed by atoms with E-state index < -0.39 is 30.0 Å². The van der Waals surface area contributed by atoms with Gasteiger partial charge in [-0.1, -0.05) is 6.07 Å². The summed E-state index contributed by atoms with van der Waals surface area (Å²) in [6.07, 6.45) is 3.06. The number of tetrazole rings is 1. The maximum atomic E-state index is 13.1. The number of nitrogens with two attached hydrogens (primary N) is 2. The Kier molecular flexibility index (Phi) is 5.19. The van der Waals surface area contributed by atoms with Gasteiger partial charge in [0.05, 0.1) is 10.1 Å². The lowest BCUT2D eigenvalue weighted by molar-refractivity contribution is 0.395. The topological polar surface area (TPSA) is 187 Å². The number of hydrogen-bond acceptors (Lipinski definition) is 9. The van der Waals surface area contributed by atoms with Crippen LogP contribution in [-0.2, 0) is 19.9 Å². The molecule has 1 aliphatic carbocycles. The van der Waals surface area contributed by atoms with E-state index in [1.54, 1.807) is 6.07 Å². The molecule has 2 fully saturated rings. The molecule has 6 N–H and O–H groups in total. The van der Waals surface area contributed by atoms with E-state index in [-0.39, 0.29) is 41.3 Å². The normalized spacial score (nSPS) is 23.7. The molecule has 1 saturated heterocycles. The van der Waals surface area contributed by atoms with Crippen molar-refractivity contribution < 1.29 is 16.8 Å². The molecule has 4 rings (SSSR count). The molecule has 158 valence electrons. The Morgan fingerprint density at radius 2 is 1.72 bits per heavy atom. The molecule has 0 unspecified atom stereocenters. The van der Waals surface area contributed by atoms with E-state index in [1.807, 2.05) is 0 Å². The highest BCUT2D eigenvalue weighted by Gasteiger charge is 2.39. The molecule has 2 heterocycles. The van der Waals surface area contributed by atoms with Gasteiger partial charge in [-0.2, -0.15) is 5.21 Å². The van der Waals surface area contributed by atoms with Gasteiger partial charge in [-0.3, -0.25) is 0 Å². The Labute approximate surface area is 168 Å². The van der Waals surface area contributed by atoms with Gasteiger partial charge in [-0.15, -0.1) is 10.2 Å². The highest BCUT2D eigenvalue weighted by atomic mass is 32.2. The van der Waals surface area contributed by atoms with Gasteiger partial charge in [0.1, 0.15) is 4.90 Å². The number of aromatic nitrogens is 4. The van der Waals surface area contributed by atoms with Crippen LogP contribution in [0.1, 0.15) is 37.2 Å². The number of hydrogen-bond donors (Lipinski definition) is 4. The Morgan fingerprint density at radius 3 is 2.24 bits per heavy atom. The first kappa shape index (κ1) is 20.3. The molecule has 0 spiro atoms. The van der Waals surface area contributed by atoms with Crippen LogP contribution in [0.2, 0.25) is 0 Å². The molecular formula is C16H23N7O4S2. The van der Waals surface area contributed by atoms with Crippen molar-refractivity contribution in [2.45, 2.75) is 52.7 Å². The molecule has 1 aromatic heterocycles. The SMILES string of the molecule is NC1CCC(c2ccc(S(=O)(=O)C3CNC3)c(S(N)(=O)=O)c2-c2nn[nH]n2)CC1. The van der Waals surface area contributed by atoms with Crippen LogP contribution in [0.25, 0.3) is 11.4 Å². The lowest BCUT2D eigenvalue weighted by Gasteiger charge is -2.30. The lowest BCUT2D eigenvalue weighted by atomic mass is 9.80. The first-order chi connectivity index (χ1) is 13.7. The zero-order chi connectivity index (χ0) is 20.8. The average Bonchev–Trinajstić information content (AvgIpc) is 3.13. The van der Waals surface area contributed by atoms with Crippen molar-refractivity contribution in [3.63, 3.8) is 0 Å². The standard InChI is InChI=1S/C16H23N7O4S2/c17-10-3-1-9(2-4-10)12-5-6-13(28(24,25)11-7-19-8-11)15(29(18,26)27)14(12)16-20-22-23-21-16/h5-6,9-11,19H,1-4,7-8,17H2,(H2,18,26,27)(H,20,21,22,23). The van der Waals surface area contributed by atoms with Crippen molar-refractivity contribution in [1.29, 1.82) is 0 Å². The maximum Gasteiger partial charge on any atom is 0.240 e. The summed E-state index contributed by atoms with van der Waals surface area (Å²) in [5, 5.41) is 21.4. The summed E-state index contributed by atoms with van der Waals surface area (Å²) in [7, 11) is -8.32. The predicted octanol–water partition coefficient (Wildman–Crippen LogP) is -0.755. The molecule has 11 nitrogen and oxygen atoms in total. The van der Waals surface area contributed by atoms with E-state index in [1.165, 1.54) is 6.07 Å². The van der Waals surface area contributed by atoms with Gasteiger partial charge in [-0.25, -0.2) is 22.0 Å². The molecule has 0 atom stereocenters. The van der Waals surface area contributed by atoms with Gasteiger partial charge in [0.2, 0.25) is 15.8 Å². The van der Waals surface area contributed by atoms with E-state index in [2.05, 4.69) is 25.9 Å². The van der Waals surface area contributed by atoms with Crippen molar-refractivity contribution in [1.82, 2.24) is 25.9 Å². The molecular weight excluding hydrogens is 418 g/mol. The smallest absolute Gasteiger partial charge is 0.240 e. The molecule has 1 aliphatic heterocycles. The fourth-order valence-electron chi connectivity index (χ4n) is 4.02. The number of sulfone groups is 1. The summed E-state index contributed by atoms with van der Waals surface area (Å²) >= 11 is 0. The minimum atomic E-state index is -4.41. The summed E-state index contributed by atoms with van der Waals surface area (Å²) in [4.78, 5) is -0.777. The molecule has 2 aliphatic rings. The van der Waals surface area contributed by atoms with Crippen molar-refractivity contribution in [2.75, 3.05) is 13.1 Å². The first-order valence-electron chi connectivity index (χ1n) is 9.33. The molecule has 0 amide bonds. The second kappa shape index (κ2) is 7.40. The Balaban J connectivity index is 1.97. The summed E-state index contributed by atoms with van der Waals surface area (Å²) in [6, 6.07) is 3.10. The molecule has 29 heavy (non-hydrogen) atoms. The van der Waals surface area contributed by atoms with E-state index in [9.17, 15) is 16.8 Å². The Bertz CT molecular complexity index is 1100. The molecule has 1 aromatic carbocycles. The number of H-pyrrole nitrogens is 1. The van der Waals surface area contributed by atoms with Crippen molar-refractivity contribution >= 4 is 19.9 Å². The molecule has 2 aromatic rings. The number of primary sulfonamides is 1. The average molecular weight is 442 g/mol. The minimum absolute atomic E-state index is 0.00248. The van der Waals surface area contributed by atoms with E-state index in [0.717, 1.165) is 25.7 Å². The van der Waals surface area contributed by atoms with Gasteiger partial charge >= 0.3 is 0 Å². The number of aromatic amines is 1. The summed E-state index contributed by atoms with van der Waals surface area (Å²) in [5.74, 6) is -0.00592. The number of benzene rings is 1. The maximum absolute atomic E-state index is 13.1. The summed E-state index contributed by atoms with van der Waals surface area (Å²) in [5.41, 5.74) is 6.76. The molecule has 13 heteroatoms. The molecule has 0 radical (unpaired) electrons. The van der Waals surface area contributed by atoms with Crippen molar-refractivity contribution in [3.8, 4) is 11.4 Å². The number of sulfonamides is 1. The van der Waals surface area contributed by atoms with Crippen LogP contribution in [0.15, 0.2) is 21.9 Å². The third-order valence-corrected chi connectivity index (χ3v) is 8.99. The van der Waals surface area contributed by atoms with Crippen LogP contribution in [0.5, 0.6) is 0 Å². The number of nitrogens with one attached hydrogen (secondary N) is 2. The van der Waals surface area contributed by atoms with Crippen molar-refractivity contribution in [3.05, 3.63) is 17.7 Å². The van der Waals surface area contributed by atoms with Gasteiger partial charge in [0.15, 0.2) is 9.84 Å². The second-order valence-corrected chi connectivity index (χ2v) is 11.3. The second-order valence-electron chi connectivity index (χ2n) is 7.57.